The molecule has 0 bridgehead atoms. The van der Waals surface area contributed by atoms with E-state index >= 15 is 0 Å². The van der Waals surface area contributed by atoms with E-state index < -0.39 is 0 Å². The van der Waals surface area contributed by atoms with Gasteiger partial charge in [0.2, 0.25) is 5.91 Å². The van der Waals surface area contributed by atoms with Crippen molar-refractivity contribution in [3.8, 4) is 0 Å². The molecule has 0 radical (unpaired) electrons. The second-order valence-electron chi connectivity index (χ2n) is 7.95. The molecule has 2 aliphatic rings. The quantitative estimate of drug-likeness (QED) is 0.689. The Bertz CT molecular complexity index is 1100. The molecule has 1 aliphatic heterocycles. The smallest absolute Gasteiger partial charge is 0.258 e. The van der Waals surface area contributed by atoms with Crippen molar-refractivity contribution in [2.45, 2.75) is 38.1 Å². The Morgan fingerprint density at radius 1 is 1.03 bits per heavy atom. The van der Waals surface area contributed by atoms with Crippen molar-refractivity contribution in [1.29, 1.82) is 0 Å². The van der Waals surface area contributed by atoms with Crippen molar-refractivity contribution in [2.75, 3.05) is 11.4 Å². The summed E-state index contributed by atoms with van der Waals surface area (Å²) < 4.78 is 0. The minimum Gasteiger partial charge on any atom is -0.349 e. The Morgan fingerprint density at radius 3 is 2.76 bits per heavy atom. The van der Waals surface area contributed by atoms with Crippen LogP contribution in [0, 0.1) is 0 Å². The lowest BCUT2D eigenvalue weighted by atomic mass is 9.87. The molecule has 0 saturated heterocycles. The third-order valence-electron chi connectivity index (χ3n) is 6.14. The molecule has 1 aliphatic carbocycles. The first kappa shape index (κ1) is 17.9. The number of amides is 2. The largest absolute Gasteiger partial charge is 0.349 e. The molecule has 3 aromatic carbocycles. The van der Waals surface area contributed by atoms with Crippen LogP contribution in [0.3, 0.4) is 0 Å². The van der Waals surface area contributed by atoms with Crippen molar-refractivity contribution >= 4 is 28.3 Å². The molecule has 5 rings (SSSR count). The molecule has 3 aromatic rings. The number of fused-ring (bicyclic) bond motifs is 1. The predicted octanol–water partition coefficient (Wildman–Crippen LogP) is 4.77. The maximum Gasteiger partial charge on any atom is 0.258 e. The minimum atomic E-state index is 0.0402. The summed E-state index contributed by atoms with van der Waals surface area (Å²) in [6, 6.07) is 20.4. The van der Waals surface area contributed by atoms with Gasteiger partial charge in [-0.2, -0.15) is 0 Å². The van der Waals surface area contributed by atoms with Crippen molar-refractivity contribution in [1.82, 2.24) is 5.32 Å². The van der Waals surface area contributed by atoms with Gasteiger partial charge in [0.05, 0.1) is 11.7 Å². The second-order valence-corrected chi connectivity index (χ2v) is 7.95. The predicted molar refractivity (Wildman–Crippen MR) is 115 cm³/mol. The Balaban J connectivity index is 1.22. The third-order valence-corrected chi connectivity index (χ3v) is 6.14. The summed E-state index contributed by atoms with van der Waals surface area (Å²) in [4.78, 5) is 27.2. The van der Waals surface area contributed by atoms with Crippen LogP contribution in [0.4, 0.5) is 5.69 Å². The fraction of sp³-hybridized carbons (Fsp3) is 0.280. The van der Waals surface area contributed by atoms with Crippen LogP contribution >= 0.6 is 0 Å². The van der Waals surface area contributed by atoms with Gasteiger partial charge in [-0.05, 0) is 54.3 Å². The number of nitrogens with one attached hydrogen (secondary N) is 1. The molecule has 1 atom stereocenters. The van der Waals surface area contributed by atoms with Crippen LogP contribution in [0.15, 0.2) is 60.7 Å². The van der Waals surface area contributed by atoms with Gasteiger partial charge in [0.1, 0.15) is 0 Å². The highest BCUT2D eigenvalue weighted by Gasteiger charge is 2.29. The molecule has 2 amide bonds. The van der Waals surface area contributed by atoms with Gasteiger partial charge in [0, 0.05) is 23.9 Å². The lowest BCUT2D eigenvalue weighted by molar-refractivity contribution is -0.122. The summed E-state index contributed by atoms with van der Waals surface area (Å²) in [6.45, 7) is 0.557. The fourth-order valence-electron chi connectivity index (χ4n) is 4.77. The van der Waals surface area contributed by atoms with Crippen molar-refractivity contribution < 1.29 is 9.59 Å². The maximum absolute atomic E-state index is 12.8. The number of nitrogens with zero attached hydrogens (tertiary/aromatic N) is 1. The average molecular weight is 384 g/mol. The molecule has 0 fully saturated rings. The van der Waals surface area contributed by atoms with Crippen LogP contribution in [0.5, 0.6) is 0 Å². The standard InChI is InChI=1S/C25H24N2O2/c28-23(26-21-13-4-8-17-7-1-2-11-19(17)21)15-6-16-27-22-14-5-10-18-9-3-12-20(24(18)22)25(27)29/h1-3,5,7,9-12,14,21H,4,6,8,13,15-16H2,(H,26,28)/t21-/m0/s1. The lowest BCUT2D eigenvalue weighted by Gasteiger charge is -2.26. The SMILES string of the molecule is O=C(CCCN1C(=O)c2cccc3cccc1c23)N[C@H]1CCCc2ccccc21. The molecule has 0 aromatic heterocycles. The van der Waals surface area contributed by atoms with Gasteiger partial charge in [-0.25, -0.2) is 0 Å². The summed E-state index contributed by atoms with van der Waals surface area (Å²) >= 11 is 0. The molecule has 1 N–H and O–H groups in total. The van der Waals surface area contributed by atoms with Gasteiger partial charge >= 0.3 is 0 Å². The van der Waals surface area contributed by atoms with Crippen LogP contribution in [0.2, 0.25) is 0 Å². The van der Waals surface area contributed by atoms with E-state index in [1.54, 1.807) is 0 Å². The lowest BCUT2D eigenvalue weighted by Crippen LogP contribution is -2.32. The molecule has 0 unspecified atom stereocenters. The van der Waals surface area contributed by atoms with E-state index in [9.17, 15) is 9.59 Å². The van der Waals surface area contributed by atoms with Gasteiger partial charge in [-0.1, -0.05) is 48.5 Å². The molecule has 146 valence electrons. The zero-order valence-electron chi connectivity index (χ0n) is 16.4. The molecule has 1 heterocycles. The maximum atomic E-state index is 12.8. The summed E-state index contributed by atoms with van der Waals surface area (Å²) in [5, 5.41) is 5.32. The molecule has 4 nitrogen and oxygen atoms in total. The zero-order valence-corrected chi connectivity index (χ0v) is 16.4. The molecule has 0 spiro atoms. The van der Waals surface area contributed by atoms with Gasteiger partial charge in [0.15, 0.2) is 0 Å². The van der Waals surface area contributed by atoms with E-state index in [2.05, 4.69) is 23.5 Å². The molecule has 4 heteroatoms. The highest BCUT2D eigenvalue weighted by molar-refractivity contribution is 6.25. The number of aryl methyl sites for hydroxylation is 1. The van der Waals surface area contributed by atoms with E-state index in [1.165, 1.54) is 11.1 Å². The number of anilines is 1. The summed E-state index contributed by atoms with van der Waals surface area (Å²) in [5.41, 5.74) is 4.33. The van der Waals surface area contributed by atoms with E-state index in [0.717, 1.165) is 41.3 Å². The number of benzene rings is 3. The Morgan fingerprint density at radius 2 is 1.86 bits per heavy atom. The Kier molecular flexibility index (Phi) is 4.55. The zero-order chi connectivity index (χ0) is 19.8. The first-order valence-electron chi connectivity index (χ1n) is 10.4. The van der Waals surface area contributed by atoms with Crippen molar-refractivity contribution in [3.63, 3.8) is 0 Å². The number of hydrogen-bond acceptors (Lipinski definition) is 2. The normalized spacial score (nSPS) is 17.4. The van der Waals surface area contributed by atoms with Crippen LogP contribution in [0.25, 0.3) is 10.8 Å². The van der Waals surface area contributed by atoms with Crippen LogP contribution in [0.1, 0.15) is 53.2 Å². The second kappa shape index (κ2) is 7.36. The van der Waals surface area contributed by atoms with Crippen molar-refractivity contribution in [2.24, 2.45) is 0 Å². The summed E-state index contributed by atoms with van der Waals surface area (Å²) in [6.07, 6.45) is 4.26. The molecule has 29 heavy (non-hydrogen) atoms. The highest BCUT2D eigenvalue weighted by Crippen LogP contribution is 2.37. The van der Waals surface area contributed by atoms with E-state index in [1.807, 2.05) is 47.4 Å². The Hall–Kier alpha value is -3.14. The topological polar surface area (TPSA) is 49.4 Å². The van der Waals surface area contributed by atoms with Crippen LogP contribution in [-0.2, 0) is 11.2 Å². The number of rotatable bonds is 5. The number of carbonyl (C=O) groups is 2. The summed E-state index contributed by atoms with van der Waals surface area (Å²) in [5.74, 6) is 0.104. The minimum absolute atomic E-state index is 0.0402. The van der Waals surface area contributed by atoms with Gasteiger partial charge in [0.25, 0.3) is 5.91 Å². The van der Waals surface area contributed by atoms with Gasteiger partial charge in [-0.15, -0.1) is 0 Å². The fourth-order valence-corrected chi connectivity index (χ4v) is 4.77. The van der Waals surface area contributed by atoms with E-state index in [-0.39, 0.29) is 17.9 Å². The van der Waals surface area contributed by atoms with Gasteiger partial charge in [-0.3, -0.25) is 9.59 Å². The average Bonchev–Trinajstić information content (AvgIpc) is 3.02. The highest BCUT2D eigenvalue weighted by atomic mass is 16.2. The Labute approximate surface area is 170 Å². The summed E-state index contributed by atoms with van der Waals surface area (Å²) in [7, 11) is 0. The molecule has 0 saturated carbocycles. The van der Waals surface area contributed by atoms with E-state index in [4.69, 9.17) is 0 Å². The van der Waals surface area contributed by atoms with Gasteiger partial charge < -0.3 is 10.2 Å². The number of hydrogen-bond donors (Lipinski definition) is 1. The number of carbonyl (C=O) groups excluding carboxylic acids is 2. The monoisotopic (exact) mass is 384 g/mol. The molecular formula is C25H24N2O2. The van der Waals surface area contributed by atoms with Crippen LogP contribution in [-0.4, -0.2) is 18.4 Å². The molecular weight excluding hydrogens is 360 g/mol. The first-order valence-corrected chi connectivity index (χ1v) is 10.4. The first-order chi connectivity index (χ1) is 14.2. The third kappa shape index (κ3) is 3.19. The van der Waals surface area contributed by atoms with E-state index in [0.29, 0.717) is 19.4 Å². The van der Waals surface area contributed by atoms with Crippen LogP contribution < -0.4 is 10.2 Å². The van der Waals surface area contributed by atoms with Crippen molar-refractivity contribution in [3.05, 3.63) is 77.4 Å².